The van der Waals surface area contributed by atoms with E-state index in [9.17, 15) is 4.79 Å². The number of carbonyl (C=O) groups excluding carboxylic acids is 1. The lowest BCUT2D eigenvalue weighted by atomic mass is 10.1. The third-order valence-electron chi connectivity index (χ3n) is 4.56. The van der Waals surface area contributed by atoms with Crippen molar-refractivity contribution in [3.8, 4) is 17.2 Å². The number of fused-ring (bicyclic) bond motifs is 1. The Hall–Kier alpha value is -3.86. The summed E-state index contributed by atoms with van der Waals surface area (Å²) in [5.41, 5.74) is 2.56. The van der Waals surface area contributed by atoms with Gasteiger partial charge in [0.1, 0.15) is 11.5 Å². The summed E-state index contributed by atoms with van der Waals surface area (Å²) in [6.45, 7) is 1.82. The molecule has 0 aliphatic carbocycles. The quantitative estimate of drug-likeness (QED) is 0.487. The molecule has 29 heavy (non-hydrogen) atoms. The highest BCUT2D eigenvalue weighted by atomic mass is 16.5. The molecule has 0 saturated carbocycles. The van der Waals surface area contributed by atoms with Gasteiger partial charge in [0.05, 0.1) is 29.6 Å². The summed E-state index contributed by atoms with van der Waals surface area (Å²) in [6.07, 6.45) is 0. The summed E-state index contributed by atoms with van der Waals surface area (Å²) in [4.78, 5) is 17.6. The Morgan fingerprint density at radius 1 is 0.897 bits per heavy atom. The van der Waals surface area contributed by atoms with Crippen molar-refractivity contribution in [1.29, 1.82) is 0 Å². The van der Waals surface area contributed by atoms with Gasteiger partial charge in [-0.1, -0.05) is 30.3 Å². The average molecular weight is 384 g/mol. The molecule has 3 aromatic carbocycles. The summed E-state index contributed by atoms with van der Waals surface area (Å²) in [6, 6.07) is 24.2. The Morgan fingerprint density at radius 2 is 1.66 bits per heavy atom. The molecule has 5 nitrogen and oxygen atoms in total. The Kier molecular flexibility index (Phi) is 5.12. The van der Waals surface area contributed by atoms with Gasteiger partial charge in [-0.05, 0) is 55.5 Å². The normalized spacial score (nSPS) is 10.6. The van der Waals surface area contributed by atoms with Gasteiger partial charge >= 0.3 is 0 Å². The third-order valence-corrected chi connectivity index (χ3v) is 4.56. The number of ether oxygens (including phenoxy) is 2. The number of aromatic nitrogens is 1. The second kappa shape index (κ2) is 8.02. The molecule has 4 rings (SSSR count). The van der Waals surface area contributed by atoms with E-state index in [0.717, 1.165) is 16.7 Å². The molecule has 5 heteroatoms. The zero-order chi connectivity index (χ0) is 20.2. The number of carbonyl (C=O) groups is 1. The number of nitrogens with zero attached hydrogens (tertiary/aromatic N) is 1. The predicted octanol–water partition coefficient (Wildman–Crippen LogP) is 5.60. The fourth-order valence-electron chi connectivity index (χ4n) is 3.07. The Morgan fingerprint density at radius 3 is 2.45 bits per heavy atom. The van der Waals surface area contributed by atoms with Crippen LogP contribution in [0.25, 0.3) is 10.9 Å². The fourth-order valence-corrected chi connectivity index (χ4v) is 3.07. The molecule has 4 aromatic rings. The lowest BCUT2D eigenvalue weighted by Crippen LogP contribution is -2.14. The van der Waals surface area contributed by atoms with Crippen LogP contribution >= 0.6 is 0 Å². The third kappa shape index (κ3) is 4.04. The van der Waals surface area contributed by atoms with Crippen LogP contribution in [0.4, 0.5) is 5.69 Å². The number of pyridine rings is 1. The van der Waals surface area contributed by atoms with Crippen molar-refractivity contribution >= 4 is 22.5 Å². The van der Waals surface area contributed by atoms with Crippen molar-refractivity contribution < 1.29 is 14.3 Å². The lowest BCUT2D eigenvalue weighted by molar-refractivity contribution is 0.102. The van der Waals surface area contributed by atoms with Gasteiger partial charge in [0, 0.05) is 5.39 Å². The first-order chi connectivity index (χ1) is 14.1. The minimum Gasteiger partial charge on any atom is -0.497 e. The van der Waals surface area contributed by atoms with Crippen LogP contribution in [0, 0.1) is 6.92 Å². The van der Waals surface area contributed by atoms with Crippen molar-refractivity contribution in [3.63, 3.8) is 0 Å². The van der Waals surface area contributed by atoms with E-state index in [4.69, 9.17) is 9.47 Å². The zero-order valence-electron chi connectivity index (χ0n) is 16.2. The Bertz CT molecular complexity index is 1170. The fraction of sp³-hybridized carbons (Fsp3) is 0.0833. The largest absolute Gasteiger partial charge is 0.497 e. The van der Waals surface area contributed by atoms with E-state index in [0.29, 0.717) is 28.4 Å². The standard InChI is InChI=1S/C24H20N2O3/c1-16-20(15-17-14-19(28-2)12-13-21(17)25-16)24(27)26-22-10-6-7-11-23(22)29-18-8-4-3-5-9-18/h3-15H,1-2H3,(H,26,27). The molecule has 1 N–H and O–H groups in total. The summed E-state index contributed by atoms with van der Waals surface area (Å²) < 4.78 is 11.2. The number of amides is 1. The molecule has 0 aliphatic heterocycles. The highest BCUT2D eigenvalue weighted by molar-refractivity contribution is 6.07. The second-order valence-electron chi connectivity index (χ2n) is 6.55. The van der Waals surface area contributed by atoms with Crippen LogP contribution in [0.15, 0.2) is 78.9 Å². The van der Waals surface area contributed by atoms with Gasteiger partial charge in [-0.25, -0.2) is 0 Å². The summed E-state index contributed by atoms with van der Waals surface area (Å²) in [5.74, 6) is 1.74. The van der Waals surface area contributed by atoms with E-state index in [1.807, 2.05) is 85.8 Å². The van der Waals surface area contributed by atoms with E-state index in [-0.39, 0.29) is 5.91 Å². The van der Waals surface area contributed by atoms with Crippen LogP contribution < -0.4 is 14.8 Å². The van der Waals surface area contributed by atoms with Crippen LogP contribution in [0.3, 0.4) is 0 Å². The molecular formula is C24H20N2O3. The highest BCUT2D eigenvalue weighted by Gasteiger charge is 2.15. The van der Waals surface area contributed by atoms with Gasteiger partial charge in [-0.2, -0.15) is 0 Å². The van der Waals surface area contributed by atoms with Gasteiger partial charge in [-0.15, -0.1) is 0 Å². The molecule has 144 valence electrons. The molecule has 0 unspecified atom stereocenters. The minimum atomic E-state index is -0.246. The van der Waals surface area contributed by atoms with Crippen molar-refractivity contribution in [2.45, 2.75) is 6.92 Å². The molecule has 1 heterocycles. The second-order valence-corrected chi connectivity index (χ2v) is 6.55. The molecular weight excluding hydrogens is 364 g/mol. The smallest absolute Gasteiger partial charge is 0.257 e. The van der Waals surface area contributed by atoms with Crippen LogP contribution in [0.1, 0.15) is 16.1 Å². The molecule has 1 aromatic heterocycles. The first-order valence-electron chi connectivity index (χ1n) is 9.23. The topological polar surface area (TPSA) is 60.5 Å². The molecule has 0 saturated heterocycles. The first kappa shape index (κ1) is 18.5. The van der Waals surface area contributed by atoms with Crippen molar-refractivity contribution in [2.75, 3.05) is 12.4 Å². The van der Waals surface area contributed by atoms with Gasteiger partial charge in [0.2, 0.25) is 0 Å². The molecule has 0 bridgehead atoms. The van der Waals surface area contributed by atoms with E-state index in [1.54, 1.807) is 7.11 Å². The molecule has 0 aliphatic rings. The van der Waals surface area contributed by atoms with Gasteiger partial charge in [0.15, 0.2) is 5.75 Å². The average Bonchev–Trinajstić information content (AvgIpc) is 2.75. The van der Waals surface area contributed by atoms with E-state index < -0.39 is 0 Å². The van der Waals surface area contributed by atoms with E-state index >= 15 is 0 Å². The first-order valence-corrected chi connectivity index (χ1v) is 9.23. The number of benzene rings is 3. The summed E-state index contributed by atoms with van der Waals surface area (Å²) in [5, 5.41) is 3.79. The van der Waals surface area contributed by atoms with Gasteiger partial charge < -0.3 is 14.8 Å². The molecule has 0 spiro atoms. The maximum Gasteiger partial charge on any atom is 0.257 e. The van der Waals surface area contributed by atoms with Crippen LogP contribution in [0.2, 0.25) is 0 Å². The summed E-state index contributed by atoms with van der Waals surface area (Å²) >= 11 is 0. The Balaban J connectivity index is 1.64. The lowest BCUT2D eigenvalue weighted by Gasteiger charge is -2.13. The maximum atomic E-state index is 13.0. The van der Waals surface area contributed by atoms with Gasteiger partial charge in [-0.3, -0.25) is 9.78 Å². The van der Waals surface area contributed by atoms with Crippen LogP contribution in [0.5, 0.6) is 17.2 Å². The number of para-hydroxylation sites is 3. The maximum absolute atomic E-state index is 13.0. The SMILES string of the molecule is COc1ccc2nc(C)c(C(=O)Nc3ccccc3Oc3ccccc3)cc2c1. The van der Waals surface area contributed by atoms with Gasteiger partial charge in [0.25, 0.3) is 5.91 Å². The molecule has 0 fully saturated rings. The zero-order valence-corrected chi connectivity index (χ0v) is 16.2. The van der Waals surface area contributed by atoms with Crippen molar-refractivity contribution in [3.05, 3.63) is 90.1 Å². The van der Waals surface area contributed by atoms with Crippen LogP contribution in [-0.4, -0.2) is 18.0 Å². The van der Waals surface area contributed by atoms with E-state index in [2.05, 4.69) is 10.3 Å². The molecule has 1 amide bonds. The molecule has 0 atom stereocenters. The Labute approximate surface area is 168 Å². The number of rotatable bonds is 5. The van der Waals surface area contributed by atoms with Crippen molar-refractivity contribution in [1.82, 2.24) is 4.98 Å². The minimum absolute atomic E-state index is 0.246. The summed E-state index contributed by atoms with van der Waals surface area (Å²) in [7, 11) is 1.61. The highest BCUT2D eigenvalue weighted by Crippen LogP contribution is 2.30. The number of nitrogens with one attached hydrogen (secondary N) is 1. The number of anilines is 1. The number of hydrogen-bond acceptors (Lipinski definition) is 4. The number of hydrogen-bond donors (Lipinski definition) is 1. The van der Waals surface area contributed by atoms with Crippen molar-refractivity contribution in [2.24, 2.45) is 0 Å². The van der Waals surface area contributed by atoms with Crippen LogP contribution in [-0.2, 0) is 0 Å². The van der Waals surface area contributed by atoms with E-state index in [1.165, 1.54) is 0 Å². The monoisotopic (exact) mass is 384 g/mol. The predicted molar refractivity (Wildman–Crippen MR) is 114 cm³/mol. The number of methoxy groups -OCH3 is 1. The number of aryl methyl sites for hydroxylation is 1. The molecule has 0 radical (unpaired) electrons.